The Kier molecular flexibility index (Phi) is 3.62. The lowest BCUT2D eigenvalue weighted by Crippen LogP contribution is -2.30. The van der Waals surface area contributed by atoms with E-state index in [-0.39, 0.29) is 18.2 Å². The zero-order chi connectivity index (χ0) is 14.8. The minimum absolute atomic E-state index is 0.142. The van der Waals surface area contributed by atoms with Gasteiger partial charge in [-0.25, -0.2) is 0 Å². The first-order chi connectivity index (χ1) is 10.1. The molecular weight excluding hydrogens is 288 g/mol. The predicted octanol–water partition coefficient (Wildman–Crippen LogP) is 3.40. The number of para-hydroxylation sites is 1. The van der Waals surface area contributed by atoms with Crippen LogP contribution in [0.4, 0.5) is 11.4 Å². The van der Waals surface area contributed by atoms with Crippen molar-refractivity contribution in [2.75, 3.05) is 10.6 Å². The monoisotopic (exact) mass is 300 g/mol. The summed E-state index contributed by atoms with van der Waals surface area (Å²) in [7, 11) is 0. The van der Waals surface area contributed by atoms with Gasteiger partial charge in [0.05, 0.1) is 5.92 Å². The third-order valence-electron chi connectivity index (χ3n) is 3.41. The van der Waals surface area contributed by atoms with Gasteiger partial charge in [0.1, 0.15) is 0 Å². The molecule has 0 aromatic heterocycles. The predicted molar refractivity (Wildman–Crippen MR) is 82.5 cm³/mol. The summed E-state index contributed by atoms with van der Waals surface area (Å²) in [6, 6.07) is 14.3. The fourth-order valence-corrected chi connectivity index (χ4v) is 2.63. The van der Waals surface area contributed by atoms with E-state index in [1.807, 2.05) is 18.2 Å². The van der Waals surface area contributed by atoms with Crippen molar-refractivity contribution in [1.29, 1.82) is 0 Å². The van der Waals surface area contributed by atoms with Gasteiger partial charge in [0.2, 0.25) is 11.8 Å². The molecule has 2 aromatic rings. The van der Waals surface area contributed by atoms with Crippen molar-refractivity contribution in [3.05, 3.63) is 59.1 Å². The summed E-state index contributed by atoms with van der Waals surface area (Å²) in [5.74, 6) is -0.853. The number of benzene rings is 2. The lowest BCUT2D eigenvalue weighted by molar-refractivity contribution is -0.123. The number of halogens is 1. The molecular formula is C16H13ClN2O2. The molecule has 1 aliphatic rings. The van der Waals surface area contributed by atoms with Crippen LogP contribution in [0.5, 0.6) is 0 Å². The van der Waals surface area contributed by atoms with Gasteiger partial charge in [-0.1, -0.05) is 35.9 Å². The number of hydrogen-bond acceptors (Lipinski definition) is 2. The quantitative estimate of drug-likeness (QED) is 0.893. The molecule has 0 unspecified atom stereocenters. The first-order valence-electron chi connectivity index (χ1n) is 6.59. The van der Waals surface area contributed by atoms with Gasteiger partial charge >= 0.3 is 0 Å². The highest BCUT2D eigenvalue weighted by Gasteiger charge is 2.30. The SMILES string of the molecule is O=C1C[C@@H](C(=O)Nc2cccc(Cl)c2)c2ccccc2N1. The Labute approximate surface area is 127 Å². The molecule has 2 amide bonds. The van der Waals surface area contributed by atoms with Crippen LogP contribution >= 0.6 is 11.6 Å². The van der Waals surface area contributed by atoms with Crippen LogP contribution in [0.25, 0.3) is 0 Å². The fourth-order valence-electron chi connectivity index (χ4n) is 2.44. The van der Waals surface area contributed by atoms with Crippen LogP contribution in [0.3, 0.4) is 0 Å². The topological polar surface area (TPSA) is 58.2 Å². The maximum atomic E-state index is 12.5. The molecule has 0 saturated heterocycles. The Balaban J connectivity index is 1.86. The van der Waals surface area contributed by atoms with E-state index >= 15 is 0 Å². The summed E-state index contributed by atoms with van der Waals surface area (Å²) in [4.78, 5) is 24.2. The standard InChI is InChI=1S/C16H13ClN2O2/c17-10-4-3-5-11(8-10)18-16(21)13-9-15(20)19-14-7-2-1-6-12(13)14/h1-8,13H,9H2,(H,18,21)(H,19,20)/t13-/m1/s1. The molecule has 3 rings (SSSR count). The highest BCUT2D eigenvalue weighted by Crippen LogP contribution is 2.32. The van der Waals surface area contributed by atoms with E-state index in [9.17, 15) is 9.59 Å². The molecule has 1 heterocycles. The van der Waals surface area contributed by atoms with Crippen molar-refractivity contribution in [2.45, 2.75) is 12.3 Å². The Morgan fingerprint density at radius 1 is 1.19 bits per heavy atom. The highest BCUT2D eigenvalue weighted by atomic mass is 35.5. The minimum atomic E-state index is -0.492. The van der Waals surface area contributed by atoms with E-state index < -0.39 is 5.92 Å². The van der Waals surface area contributed by atoms with E-state index in [1.54, 1.807) is 30.3 Å². The van der Waals surface area contributed by atoms with Crippen LogP contribution in [0, 0.1) is 0 Å². The second-order valence-corrected chi connectivity index (χ2v) is 5.33. The second kappa shape index (κ2) is 5.58. The molecule has 21 heavy (non-hydrogen) atoms. The molecule has 0 aliphatic carbocycles. The molecule has 5 heteroatoms. The number of rotatable bonds is 2. The number of carbonyl (C=O) groups excluding carboxylic acids is 2. The minimum Gasteiger partial charge on any atom is -0.326 e. The Morgan fingerprint density at radius 2 is 2.00 bits per heavy atom. The van der Waals surface area contributed by atoms with Crippen LogP contribution in [-0.2, 0) is 9.59 Å². The van der Waals surface area contributed by atoms with Crippen molar-refractivity contribution in [2.24, 2.45) is 0 Å². The number of amides is 2. The number of nitrogens with one attached hydrogen (secondary N) is 2. The Morgan fingerprint density at radius 3 is 2.81 bits per heavy atom. The van der Waals surface area contributed by atoms with E-state index in [1.165, 1.54) is 0 Å². The molecule has 0 bridgehead atoms. The Hall–Kier alpha value is -2.33. The van der Waals surface area contributed by atoms with E-state index in [0.717, 1.165) is 5.56 Å². The summed E-state index contributed by atoms with van der Waals surface area (Å²) in [5, 5.41) is 6.14. The second-order valence-electron chi connectivity index (χ2n) is 4.89. The van der Waals surface area contributed by atoms with Crippen molar-refractivity contribution in [3.63, 3.8) is 0 Å². The summed E-state index contributed by atoms with van der Waals surface area (Å²) in [6.45, 7) is 0. The molecule has 4 nitrogen and oxygen atoms in total. The van der Waals surface area contributed by atoms with Crippen LogP contribution in [0.1, 0.15) is 17.9 Å². The number of fused-ring (bicyclic) bond motifs is 1. The average Bonchev–Trinajstić information content (AvgIpc) is 2.46. The first kappa shape index (κ1) is 13.6. The average molecular weight is 301 g/mol. The summed E-state index contributed by atoms with van der Waals surface area (Å²) >= 11 is 5.90. The van der Waals surface area contributed by atoms with Gasteiger partial charge in [-0.15, -0.1) is 0 Å². The van der Waals surface area contributed by atoms with Gasteiger partial charge in [-0.05, 0) is 29.8 Å². The lowest BCUT2D eigenvalue weighted by atomic mass is 9.90. The summed E-state index contributed by atoms with van der Waals surface area (Å²) < 4.78 is 0. The number of carbonyl (C=O) groups is 2. The number of hydrogen-bond donors (Lipinski definition) is 2. The maximum absolute atomic E-state index is 12.5. The molecule has 2 N–H and O–H groups in total. The summed E-state index contributed by atoms with van der Waals surface area (Å²) in [5.41, 5.74) is 2.15. The van der Waals surface area contributed by atoms with Crippen LogP contribution in [0.15, 0.2) is 48.5 Å². The third-order valence-corrected chi connectivity index (χ3v) is 3.64. The van der Waals surface area contributed by atoms with Gasteiger partial charge in [-0.2, -0.15) is 0 Å². The largest absolute Gasteiger partial charge is 0.326 e. The molecule has 0 radical (unpaired) electrons. The molecule has 1 atom stereocenters. The lowest BCUT2D eigenvalue weighted by Gasteiger charge is -2.24. The van der Waals surface area contributed by atoms with E-state index in [0.29, 0.717) is 16.4 Å². The molecule has 1 aliphatic heterocycles. The molecule has 106 valence electrons. The van der Waals surface area contributed by atoms with Crippen molar-refractivity contribution in [3.8, 4) is 0 Å². The van der Waals surface area contributed by atoms with Gasteiger partial charge in [0, 0.05) is 22.8 Å². The van der Waals surface area contributed by atoms with E-state index in [2.05, 4.69) is 10.6 Å². The first-order valence-corrected chi connectivity index (χ1v) is 6.96. The normalized spacial score (nSPS) is 16.8. The fraction of sp³-hybridized carbons (Fsp3) is 0.125. The molecule has 0 fully saturated rings. The van der Waals surface area contributed by atoms with Gasteiger partial charge in [0.15, 0.2) is 0 Å². The molecule has 0 saturated carbocycles. The number of anilines is 2. The van der Waals surface area contributed by atoms with Crippen molar-refractivity contribution in [1.82, 2.24) is 0 Å². The molecule has 0 spiro atoms. The Bertz CT molecular complexity index is 715. The summed E-state index contributed by atoms with van der Waals surface area (Å²) in [6.07, 6.45) is 0.142. The van der Waals surface area contributed by atoms with Gasteiger partial charge < -0.3 is 10.6 Å². The zero-order valence-electron chi connectivity index (χ0n) is 11.1. The van der Waals surface area contributed by atoms with Crippen LogP contribution in [0.2, 0.25) is 5.02 Å². The van der Waals surface area contributed by atoms with E-state index in [4.69, 9.17) is 11.6 Å². The highest BCUT2D eigenvalue weighted by molar-refractivity contribution is 6.30. The van der Waals surface area contributed by atoms with Crippen molar-refractivity contribution >= 4 is 34.8 Å². The van der Waals surface area contributed by atoms with Gasteiger partial charge in [-0.3, -0.25) is 9.59 Å². The zero-order valence-corrected chi connectivity index (χ0v) is 11.9. The van der Waals surface area contributed by atoms with Gasteiger partial charge in [0.25, 0.3) is 0 Å². The maximum Gasteiger partial charge on any atom is 0.232 e. The smallest absolute Gasteiger partial charge is 0.232 e. The third kappa shape index (κ3) is 2.90. The molecule has 2 aromatic carbocycles. The van der Waals surface area contributed by atoms with Crippen LogP contribution in [-0.4, -0.2) is 11.8 Å². The van der Waals surface area contributed by atoms with Crippen molar-refractivity contribution < 1.29 is 9.59 Å². The van der Waals surface area contributed by atoms with Crippen LogP contribution < -0.4 is 10.6 Å².